The Morgan fingerprint density at radius 1 is 0.855 bits per heavy atom. The van der Waals surface area contributed by atoms with Gasteiger partial charge in [-0.1, -0.05) is 68.2 Å². The molecule has 1 saturated carbocycles. The molecule has 2 aromatic heterocycles. The number of hydrogen-bond donors (Lipinski definition) is 3. The summed E-state index contributed by atoms with van der Waals surface area (Å²) in [4.78, 5) is 34.9. The van der Waals surface area contributed by atoms with Crippen LogP contribution in [0.4, 0.5) is 29.0 Å². The van der Waals surface area contributed by atoms with Gasteiger partial charge in [0.25, 0.3) is 0 Å². The fourth-order valence-corrected chi connectivity index (χ4v) is 6.66. The molecule has 3 unspecified atom stereocenters. The first kappa shape index (κ1) is 51.8. The van der Waals surface area contributed by atoms with Crippen LogP contribution in [0.5, 0.6) is 0 Å². The summed E-state index contributed by atoms with van der Waals surface area (Å²) in [6.07, 6.45) is 12.1. The highest BCUT2D eigenvalue weighted by atomic mass is 15.3. The Kier molecular flexibility index (Phi) is 27.4. The van der Waals surface area contributed by atoms with Crippen molar-refractivity contribution in [1.29, 1.82) is 0 Å². The standard InChI is InChI=1S/C28H45N11.C8H19N.C3H8.2C2H6/c1-9-31-24-18(3)32-19(4)33-26(24)34-20-10-12-21(13-11-20)35-27-25(30-6)23(17(2)29-5)36-28(37-27)39-15-14-22(16-39)38(7)8;1-5-7-8(6-2)9(3)4;1-3-2;2*1-2/h9,17,20-22,29H,6,10-16H2,1-5,7-8H3,(H,32,33,34)(H,35,36,37);8H,5-7H2,1-4H3;3H2,1-2H3;2*1-2H3. The highest BCUT2D eigenvalue weighted by Gasteiger charge is 2.30. The monoisotopic (exact) mass is 769 g/mol. The van der Waals surface area contributed by atoms with Gasteiger partial charge in [-0.15, -0.1) is 0 Å². The zero-order valence-electron chi connectivity index (χ0n) is 38.5. The second-order valence-corrected chi connectivity index (χ2v) is 14.4. The lowest BCUT2D eigenvalue weighted by molar-refractivity contribution is 0.269. The third kappa shape index (κ3) is 17.2. The van der Waals surface area contributed by atoms with Crippen LogP contribution in [0.2, 0.25) is 0 Å². The lowest BCUT2D eigenvalue weighted by Gasteiger charge is -2.31. The van der Waals surface area contributed by atoms with E-state index in [4.69, 9.17) is 9.97 Å². The van der Waals surface area contributed by atoms with Crippen LogP contribution >= 0.6 is 0 Å². The van der Waals surface area contributed by atoms with Crippen LogP contribution in [0.1, 0.15) is 150 Å². The Labute approximate surface area is 338 Å². The van der Waals surface area contributed by atoms with Gasteiger partial charge in [-0.3, -0.25) is 9.98 Å². The first-order chi connectivity index (χ1) is 26.4. The predicted octanol–water partition coefficient (Wildman–Crippen LogP) is 9.79. The fourth-order valence-electron chi connectivity index (χ4n) is 6.66. The van der Waals surface area contributed by atoms with Crippen LogP contribution in [-0.4, -0.2) is 115 Å². The van der Waals surface area contributed by atoms with Gasteiger partial charge < -0.3 is 30.7 Å². The highest BCUT2D eigenvalue weighted by molar-refractivity contribution is 5.71. The molecule has 2 aromatic rings. The molecular weight excluding hydrogens is 685 g/mol. The molecule has 0 spiro atoms. The Bertz CT molecular complexity index is 1340. The molecule has 0 radical (unpaired) electrons. The predicted molar refractivity (Wildman–Crippen MR) is 243 cm³/mol. The number of aromatic nitrogens is 4. The lowest BCUT2D eigenvalue weighted by atomic mass is 9.91. The van der Waals surface area contributed by atoms with Gasteiger partial charge in [0.2, 0.25) is 5.95 Å². The Morgan fingerprint density at radius 3 is 1.80 bits per heavy atom. The van der Waals surface area contributed by atoms with Crippen molar-refractivity contribution in [2.75, 3.05) is 63.9 Å². The summed E-state index contributed by atoms with van der Waals surface area (Å²) in [5.41, 5.74) is 3.33. The second-order valence-electron chi connectivity index (χ2n) is 14.4. The van der Waals surface area contributed by atoms with Gasteiger partial charge in [0, 0.05) is 49.5 Å². The second kappa shape index (κ2) is 29.1. The molecule has 2 aliphatic rings. The van der Waals surface area contributed by atoms with Crippen molar-refractivity contribution in [2.24, 2.45) is 9.98 Å². The third-order valence-electron chi connectivity index (χ3n) is 9.74. The molecule has 0 aromatic carbocycles. The smallest absolute Gasteiger partial charge is 0.227 e. The van der Waals surface area contributed by atoms with Crippen LogP contribution in [0.25, 0.3) is 0 Å². The maximum Gasteiger partial charge on any atom is 0.227 e. The Balaban J connectivity index is 0.00000155. The maximum atomic E-state index is 5.00. The van der Waals surface area contributed by atoms with Gasteiger partial charge >= 0.3 is 0 Å². The topological polar surface area (TPSA) is 122 Å². The van der Waals surface area contributed by atoms with Crippen molar-refractivity contribution in [3.63, 3.8) is 0 Å². The Morgan fingerprint density at radius 2 is 1.40 bits per heavy atom. The highest BCUT2D eigenvalue weighted by Crippen LogP contribution is 2.36. The molecule has 0 amide bonds. The van der Waals surface area contributed by atoms with Crippen molar-refractivity contribution in [1.82, 2.24) is 35.1 Å². The van der Waals surface area contributed by atoms with Crippen molar-refractivity contribution in [3.05, 3.63) is 17.2 Å². The summed E-state index contributed by atoms with van der Waals surface area (Å²) < 4.78 is 0. The van der Waals surface area contributed by atoms with E-state index in [2.05, 4.69) is 120 Å². The Hall–Kier alpha value is -3.22. The number of likely N-dealkylation sites (N-methyl/N-ethyl adjacent to an activating group) is 1. The number of aliphatic imine (C=N–C) groups is 2. The number of hydrogen-bond acceptors (Lipinski definition) is 12. The molecule has 12 nitrogen and oxygen atoms in total. The van der Waals surface area contributed by atoms with E-state index < -0.39 is 0 Å². The van der Waals surface area contributed by atoms with Gasteiger partial charge in [-0.25, -0.2) is 15.0 Å². The van der Waals surface area contributed by atoms with E-state index in [1.165, 1.54) is 25.7 Å². The maximum absolute atomic E-state index is 5.00. The molecule has 55 heavy (non-hydrogen) atoms. The third-order valence-corrected chi connectivity index (χ3v) is 9.74. The van der Waals surface area contributed by atoms with Crippen molar-refractivity contribution in [3.8, 4) is 0 Å². The van der Waals surface area contributed by atoms with E-state index in [-0.39, 0.29) is 6.04 Å². The van der Waals surface area contributed by atoms with Crippen LogP contribution < -0.4 is 20.9 Å². The summed E-state index contributed by atoms with van der Waals surface area (Å²) in [7, 11) is 10.5. The normalized spacial score (nSPS) is 18.8. The lowest BCUT2D eigenvalue weighted by Crippen LogP contribution is -2.34. The number of nitrogens with one attached hydrogen (secondary N) is 3. The minimum Gasteiger partial charge on any atom is -0.365 e. The average Bonchev–Trinajstić information content (AvgIpc) is 3.69. The quantitative estimate of drug-likeness (QED) is 0.160. The molecular formula is C43H84N12. The number of aryl methyl sites for hydroxylation is 2. The SMILES string of the molecule is C=Nc1c(NC2CCC(Nc3nc(C)nc(C)c3N=CC)CC2)nc(N2CCC(N(C)C)C2)nc1C(C)NC.CC.CC.CCC.CCCC(CC)N(C)C. The molecule has 1 aliphatic carbocycles. The van der Waals surface area contributed by atoms with E-state index in [0.717, 1.165) is 97.4 Å². The summed E-state index contributed by atoms with van der Waals surface area (Å²) in [5.74, 6) is 3.12. The summed E-state index contributed by atoms with van der Waals surface area (Å²) in [5, 5.41) is 10.7. The van der Waals surface area contributed by atoms with Gasteiger partial charge in [-0.05, 0) is 115 Å². The fraction of sp³-hybridized carbons (Fsp3) is 0.767. The molecule has 3 heterocycles. The van der Waals surface area contributed by atoms with Crippen LogP contribution in [-0.2, 0) is 0 Å². The summed E-state index contributed by atoms with van der Waals surface area (Å²) in [6, 6.07) is 1.95. The molecule has 316 valence electrons. The average molecular weight is 769 g/mol. The molecule has 0 bridgehead atoms. The molecule has 4 rings (SSSR count). The summed E-state index contributed by atoms with van der Waals surface area (Å²) in [6.45, 7) is 30.4. The van der Waals surface area contributed by atoms with Gasteiger partial charge in [-0.2, -0.15) is 4.98 Å². The molecule has 3 atom stereocenters. The molecule has 1 saturated heterocycles. The minimum atomic E-state index is 0.0275. The molecule has 3 N–H and O–H groups in total. The van der Waals surface area contributed by atoms with E-state index in [1.807, 2.05) is 55.5 Å². The number of anilines is 3. The van der Waals surface area contributed by atoms with E-state index in [0.29, 0.717) is 18.1 Å². The number of rotatable bonds is 14. The number of nitrogens with zero attached hydrogens (tertiary/aromatic N) is 9. The van der Waals surface area contributed by atoms with Gasteiger partial charge in [0.05, 0.1) is 11.4 Å². The molecule has 12 heteroatoms. The zero-order chi connectivity index (χ0) is 42.1. The van der Waals surface area contributed by atoms with Crippen LogP contribution in [0.3, 0.4) is 0 Å². The van der Waals surface area contributed by atoms with Crippen LogP contribution in [0.15, 0.2) is 9.98 Å². The first-order valence-electron chi connectivity index (χ1n) is 21.4. The zero-order valence-corrected chi connectivity index (χ0v) is 38.5. The van der Waals surface area contributed by atoms with E-state index in [9.17, 15) is 0 Å². The largest absolute Gasteiger partial charge is 0.365 e. The van der Waals surface area contributed by atoms with E-state index in [1.54, 1.807) is 6.21 Å². The minimum absolute atomic E-state index is 0.0275. The van der Waals surface area contributed by atoms with E-state index >= 15 is 0 Å². The van der Waals surface area contributed by atoms with Crippen molar-refractivity contribution < 1.29 is 0 Å². The van der Waals surface area contributed by atoms with Crippen molar-refractivity contribution in [2.45, 2.75) is 171 Å². The molecule has 2 fully saturated rings. The van der Waals surface area contributed by atoms with Crippen LogP contribution in [0, 0.1) is 13.8 Å². The van der Waals surface area contributed by atoms with Gasteiger partial charge in [0.15, 0.2) is 11.6 Å². The first-order valence-corrected chi connectivity index (χ1v) is 21.4. The van der Waals surface area contributed by atoms with Crippen molar-refractivity contribution >= 4 is 41.9 Å². The van der Waals surface area contributed by atoms with Gasteiger partial charge in [0.1, 0.15) is 17.2 Å². The summed E-state index contributed by atoms with van der Waals surface area (Å²) >= 11 is 0. The molecule has 1 aliphatic heterocycles.